The van der Waals surface area contributed by atoms with Gasteiger partial charge in [-0.2, -0.15) is 0 Å². The zero-order valence-electron chi connectivity index (χ0n) is 19.9. The standard InChI is InChI=1S/C26H23F3N4O4/c1-25(2,15-17-3-11-21(34)12-4-17)37-24(35)31-19-7-5-18(6-8-19)23-30-16-33(32-23)20-9-13-22(14-10-20)36-26(27,28)29/h3-14,16,34H,15H2,1-2H3,(H,31,35). The van der Waals surface area contributed by atoms with E-state index < -0.39 is 18.1 Å². The number of carbonyl (C=O) groups excluding carboxylic acids is 1. The van der Waals surface area contributed by atoms with Crippen molar-refractivity contribution >= 4 is 11.8 Å². The Morgan fingerprint density at radius 1 is 0.973 bits per heavy atom. The van der Waals surface area contributed by atoms with Crippen LogP contribution in [-0.2, 0) is 11.2 Å². The minimum Gasteiger partial charge on any atom is -0.508 e. The lowest BCUT2D eigenvalue weighted by Crippen LogP contribution is -2.32. The van der Waals surface area contributed by atoms with Crippen molar-refractivity contribution in [3.8, 4) is 28.6 Å². The summed E-state index contributed by atoms with van der Waals surface area (Å²) in [6.07, 6.45) is -3.47. The molecule has 3 aromatic carbocycles. The minimum atomic E-state index is -4.76. The van der Waals surface area contributed by atoms with Gasteiger partial charge in [0.15, 0.2) is 5.82 Å². The number of hydrogen-bond acceptors (Lipinski definition) is 6. The molecule has 0 fully saturated rings. The van der Waals surface area contributed by atoms with Crippen LogP contribution in [0.4, 0.5) is 23.7 Å². The van der Waals surface area contributed by atoms with Gasteiger partial charge in [0.1, 0.15) is 23.4 Å². The largest absolute Gasteiger partial charge is 0.573 e. The molecule has 192 valence electrons. The van der Waals surface area contributed by atoms with E-state index in [0.29, 0.717) is 29.2 Å². The molecule has 11 heteroatoms. The average Bonchev–Trinajstić information content (AvgIpc) is 3.30. The Labute approximate surface area is 210 Å². The van der Waals surface area contributed by atoms with Crippen molar-refractivity contribution in [2.45, 2.75) is 32.2 Å². The van der Waals surface area contributed by atoms with Gasteiger partial charge in [-0.1, -0.05) is 12.1 Å². The molecule has 0 aliphatic heterocycles. The number of aromatic hydroxyl groups is 1. The van der Waals surface area contributed by atoms with Gasteiger partial charge in [0.05, 0.1) is 5.69 Å². The van der Waals surface area contributed by atoms with Gasteiger partial charge in [0.25, 0.3) is 0 Å². The molecule has 1 amide bonds. The van der Waals surface area contributed by atoms with Crippen molar-refractivity contribution in [1.29, 1.82) is 0 Å². The zero-order valence-corrected chi connectivity index (χ0v) is 19.9. The van der Waals surface area contributed by atoms with Crippen LogP contribution in [0.25, 0.3) is 17.1 Å². The lowest BCUT2D eigenvalue weighted by molar-refractivity contribution is -0.274. The number of phenols is 1. The minimum absolute atomic E-state index is 0.166. The molecule has 0 saturated heterocycles. The molecule has 0 bridgehead atoms. The summed E-state index contributed by atoms with van der Waals surface area (Å²) in [7, 11) is 0. The summed E-state index contributed by atoms with van der Waals surface area (Å²) < 4.78 is 47.9. The number of halogens is 3. The van der Waals surface area contributed by atoms with Crippen LogP contribution in [0.2, 0.25) is 0 Å². The number of benzene rings is 3. The van der Waals surface area contributed by atoms with E-state index in [9.17, 15) is 23.1 Å². The predicted octanol–water partition coefficient (Wildman–Crippen LogP) is 6.11. The Hall–Kier alpha value is -4.54. The fraction of sp³-hybridized carbons (Fsp3) is 0.192. The summed E-state index contributed by atoms with van der Waals surface area (Å²) in [5, 5.41) is 16.4. The monoisotopic (exact) mass is 512 g/mol. The molecule has 0 unspecified atom stereocenters. The van der Waals surface area contributed by atoms with Crippen molar-refractivity contribution in [3.05, 3.63) is 84.7 Å². The summed E-state index contributed by atoms with van der Waals surface area (Å²) >= 11 is 0. The van der Waals surface area contributed by atoms with Crippen LogP contribution in [0.1, 0.15) is 19.4 Å². The van der Waals surface area contributed by atoms with Crippen molar-refractivity contribution < 1.29 is 32.5 Å². The van der Waals surface area contributed by atoms with Gasteiger partial charge in [0.2, 0.25) is 0 Å². The van der Waals surface area contributed by atoms with Gasteiger partial charge in [-0.3, -0.25) is 5.32 Å². The first kappa shape index (κ1) is 25.5. The molecule has 0 aliphatic rings. The molecule has 8 nitrogen and oxygen atoms in total. The van der Waals surface area contributed by atoms with Crippen molar-refractivity contribution in [1.82, 2.24) is 14.8 Å². The van der Waals surface area contributed by atoms with E-state index in [0.717, 1.165) is 5.56 Å². The third-order valence-electron chi connectivity index (χ3n) is 5.15. The number of amides is 1. The van der Waals surface area contributed by atoms with Gasteiger partial charge in [0, 0.05) is 17.7 Å². The first-order valence-corrected chi connectivity index (χ1v) is 11.1. The van der Waals surface area contributed by atoms with Gasteiger partial charge in [-0.15, -0.1) is 18.3 Å². The number of phenolic OH excluding ortho intramolecular Hbond substituents is 1. The first-order valence-electron chi connectivity index (χ1n) is 11.1. The van der Waals surface area contributed by atoms with Gasteiger partial charge in [-0.05, 0) is 80.1 Å². The summed E-state index contributed by atoms with van der Waals surface area (Å²) in [4.78, 5) is 16.7. The van der Waals surface area contributed by atoms with E-state index in [1.165, 1.54) is 35.3 Å². The van der Waals surface area contributed by atoms with Crippen LogP contribution in [0, 0.1) is 0 Å². The van der Waals surface area contributed by atoms with E-state index in [1.807, 2.05) is 0 Å². The second-order valence-corrected chi connectivity index (χ2v) is 8.75. The Morgan fingerprint density at radius 3 is 2.24 bits per heavy atom. The summed E-state index contributed by atoms with van der Waals surface area (Å²) in [6.45, 7) is 3.59. The number of ether oxygens (including phenoxy) is 2. The molecule has 1 heterocycles. The normalized spacial score (nSPS) is 11.7. The second-order valence-electron chi connectivity index (χ2n) is 8.75. The van der Waals surface area contributed by atoms with Gasteiger partial charge < -0.3 is 14.6 Å². The maximum atomic E-state index is 12.4. The number of nitrogens with one attached hydrogen (secondary N) is 1. The fourth-order valence-electron chi connectivity index (χ4n) is 3.56. The highest BCUT2D eigenvalue weighted by molar-refractivity contribution is 5.85. The van der Waals surface area contributed by atoms with Crippen LogP contribution in [0.5, 0.6) is 11.5 Å². The lowest BCUT2D eigenvalue weighted by Gasteiger charge is -2.25. The molecule has 0 atom stereocenters. The highest BCUT2D eigenvalue weighted by atomic mass is 19.4. The van der Waals surface area contributed by atoms with Crippen LogP contribution >= 0.6 is 0 Å². The second kappa shape index (κ2) is 10.2. The molecule has 4 rings (SSSR count). The number of hydrogen-bond donors (Lipinski definition) is 2. The lowest BCUT2D eigenvalue weighted by atomic mass is 9.98. The van der Waals surface area contributed by atoms with Crippen LogP contribution in [0.15, 0.2) is 79.1 Å². The van der Waals surface area contributed by atoms with E-state index in [-0.39, 0.29) is 11.5 Å². The maximum absolute atomic E-state index is 12.4. The number of alkyl halides is 3. The third kappa shape index (κ3) is 7.23. The summed E-state index contributed by atoms with van der Waals surface area (Å²) in [6, 6.07) is 18.7. The average molecular weight is 512 g/mol. The van der Waals surface area contributed by atoms with Gasteiger partial charge in [-0.25, -0.2) is 14.5 Å². The maximum Gasteiger partial charge on any atom is 0.573 e. The fourth-order valence-corrected chi connectivity index (χ4v) is 3.56. The summed E-state index contributed by atoms with van der Waals surface area (Å²) in [5.74, 6) is 0.223. The topological polar surface area (TPSA) is 98.5 Å². The predicted molar refractivity (Wildman–Crippen MR) is 129 cm³/mol. The highest BCUT2D eigenvalue weighted by Gasteiger charge is 2.31. The van der Waals surface area contributed by atoms with Crippen LogP contribution in [0.3, 0.4) is 0 Å². The van der Waals surface area contributed by atoms with E-state index >= 15 is 0 Å². The van der Waals surface area contributed by atoms with E-state index in [1.54, 1.807) is 62.4 Å². The first-order chi connectivity index (χ1) is 17.5. The Kier molecular flexibility index (Phi) is 7.05. The Bertz CT molecular complexity index is 1350. The smallest absolute Gasteiger partial charge is 0.508 e. The molecule has 2 N–H and O–H groups in total. The highest BCUT2D eigenvalue weighted by Crippen LogP contribution is 2.25. The molecule has 1 aromatic heterocycles. The number of anilines is 1. The van der Waals surface area contributed by atoms with Crippen LogP contribution in [-0.4, -0.2) is 37.9 Å². The SMILES string of the molecule is CC(C)(Cc1ccc(O)cc1)OC(=O)Nc1ccc(-c2ncn(-c3ccc(OC(F)(F)F)cc3)n2)cc1. The molecule has 0 aliphatic carbocycles. The Morgan fingerprint density at radius 2 is 1.62 bits per heavy atom. The van der Waals surface area contributed by atoms with E-state index in [2.05, 4.69) is 20.1 Å². The number of rotatable bonds is 7. The molecular weight excluding hydrogens is 489 g/mol. The molecule has 0 spiro atoms. The molecule has 0 saturated carbocycles. The van der Waals surface area contributed by atoms with Crippen LogP contribution < -0.4 is 10.1 Å². The number of aromatic nitrogens is 3. The summed E-state index contributed by atoms with van der Waals surface area (Å²) in [5.41, 5.74) is 1.81. The van der Waals surface area contributed by atoms with Crippen molar-refractivity contribution in [2.24, 2.45) is 0 Å². The quantitative estimate of drug-likeness (QED) is 0.310. The molecule has 37 heavy (non-hydrogen) atoms. The number of carbonyl (C=O) groups is 1. The Balaban J connectivity index is 1.35. The third-order valence-corrected chi connectivity index (χ3v) is 5.15. The van der Waals surface area contributed by atoms with Crippen molar-refractivity contribution in [3.63, 3.8) is 0 Å². The number of nitrogens with zero attached hydrogens (tertiary/aromatic N) is 3. The van der Waals surface area contributed by atoms with Gasteiger partial charge >= 0.3 is 12.5 Å². The van der Waals surface area contributed by atoms with Crippen molar-refractivity contribution in [2.75, 3.05) is 5.32 Å². The molecule has 0 radical (unpaired) electrons. The molecule has 4 aromatic rings. The van der Waals surface area contributed by atoms with E-state index in [4.69, 9.17) is 4.74 Å². The zero-order chi connectivity index (χ0) is 26.6. The molecular formula is C26H23F3N4O4.